The van der Waals surface area contributed by atoms with Gasteiger partial charge in [0.1, 0.15) is 12.4 Å². The second kappa shape index (κ2) is 6.16. The van der Waals surface area contributed by atoms with Crippen molar-refractivity contribution in [2.75, 3.05) is 36.2 Å². The van der Waals surface area contributed by atoms with Gasteiger partial charge in [0.2, 0.25) is 0 Å². The van der Waals surface area contributed by atoms with Crippen LogP contribution in [0, 0.1) is 0 Å². The highest BCUT2D eigenvalue weighted by molar-refractivity contribution is 6.00. The molecule has 1 fully saturated rings. The topological polar surface area (TPSA) is 53.6 Å². The number of hydrogen-bond acceptors (Lipinski definition) is 3. The molecule has 2 aliphatic rings. The zero-order valence-electron chi connectivity index (χ0n) is 14.4. The highest BCUT2D eigenvalue weighted by Gasteiger charge is 2.26. The molecule has 0 atom stereocenters. The fourth-order valence-corrected chi connectivity index (χ4v) is 2.99. The minimum Gasteiger partial charge on any atom is -0.488 e. The first-order chi connectivity index (χ1) is 12.1. The van der Waals surface area contributed by atoms with Gasteiger partial charge in [-0.15, -0.1) is 0 Å². The molecule has 0 unspecified atom stereocenters. The second-order valence-electron chi connectivity index (χ2n) is 6.60. The number of hydrogen-bond donors (Lipinski definition) is 2. The zero-order chi connectivity index (χ0) is 17.4. The Morgan fingerprint density at radius 3 is 2.36 bits per heavy atom. The summed E-state index contributed by atoms with van der Waals surface area (Å²) in [5.41, 5.74) is 6.49. The van der Waals surface area contributed by atoms with Crippen molar-refractivity contribution in [1.29, 1.82) is 0 Å². The molecule has 0 saturated heterocycles. The first kappa shape index (κ1) is 15.6. The smallest absolute Gasteiger partial charge is 0.323 e. The van der Waals surface area contributed by atoms with Crippen molar-refractivity contribution in [1.82, 2.24) is 0 Å². The van der Waals surface area contributed by atoms with Crippen LogP contribution in [-0.4, -0.2) is 26.7 Å². The lowest BCUT2D eigenvalue weighted by atomic mass is 10.1. The third-order valence-electron chi connectivity index (χ3n) is 4.50. The summed E-state index contributed by atoms with van der Waals surface area (Å²) in [4.78, 5) is 14.3. The van der Waals surface area contributed by atoms with Gasteiger partial charge in [0.25, 0.3) is 0 Å². The van der Waals surface area contributed by atoms with Crippen LogP contribution in [0.5, 0.6) is 5.75 Å². The largest absolute Gasteiger partial charge is 0.488 e. The van der Waals surface area contributed by atoms with Gasteiger partial charge in [0, 0.05) is 36.7 Å². The summed E-state index contributed by atoms with van der Waals surface area (Å²) in [6.07, 6.45) is 2.33. The maximum Gasteiger partial charge on any atom is 0.323 e. The van der Waals surface area contributed by atoms with Crippen LogP contribution >= 0.6 is 0 Å². The number of benzene rings is 2. The summed E-state index contributed by atoms with van der Waals surface area (Å²) >= 11 is 0. The first-order valence-electron chi connectivity index (χ1n) is 8.44. The number of nitrogens with zero attached hydrogens (tertiary/aromatic N) is 1. The number of fused-ring (bicyclic) bond motifs is 1. The van der Waals surface area contributed by atoms with Gasteiger partial charge >= 0.3 is 6.03 Å². The van der Waals surface area contributed by atoms with E-state index >= 15 is 0 Å². The summed E-state index contributed by atoms with van der Waals surface area (Å²) in [5.74, 6) is 0.902. The Labute approximate surface area is 147 Å². The van der Waals surface area contributed by atoms with E-state index in [1.807, 2.05) is 61.5 Å². The van der Waals surface area contributed by atoms with Crippen LogP contribution < -0.4 is 20.3 Å². The Morgan fingerprint density at radius 2 is 1.68 bits per heavy atom. The Morgan fingerprint density at radius 1 is 1.00 bits per heavy atom. The van der Waals surface area contributed by atoms with Crippen molar-refractivity contribution in [2.24, 2.45) is 0 Å². The van der Waals surface area contributed by atoms with Gasteiger partial charge in [-0.25, -0.2) is 4.79 Å². The molecule has 2 amide bonds. The molecular weight excluding hydrogens is 314 g/mol. The number of anilines is 3. The average Bonchev–Trinajstić information content (AvgIpc) is 3.35. The molecule has 0 spiro atoms. The highest BCUT2D eigenvalue weighted by Crippen LogP contribution is 2.43. The van der Waals surface area contributed by atoms with Crippen LogP contribution in [0.3, 0.4) is 0 Å². The summed E-state index contributed by atoms with van der Waals surface area (Å²) in [6.45, 7) is 0.651. The zero-order valence-corrected chi connectivity index (χ0v) is 14.4. The number of nitrogens with one attached hydrogen (secondary N) is 2. The van der Waals surface area contributed by atoms with Crippen LogP contribution in [0.4, 0.5) is 21.9 Å². The standard InChI is InChI=1S/C20H21N3O2/c1-23(2)16-8-5-14(6-9-16)21-20(24)22-15-7-10-19-17(11-15)18(12-25-19)13-3-4-13/h5-11H,3-4,12H2,1-2H3,(H2,21,22,24). The number of ether oxygens (including phenoxy) is 1. The van der Waals surface area contributed by atoms with Crippen LogP contribution in [0.25, 0.3) is 5.57 Å². The quantitative estimate of drug-likeness (QED) is 0.877. The summed E-state index contributed by atoms with van der Waals surface area (Å²) in [7, 11) is 3.97. The molecule has 5 nitrogen and oxygen atoms in total. The second-order valence-corrected chi connectivity index (χ2v) is 6.60. The van der Waals surface area contributed by atoms with Crippen molar-refractivity contribution < 1.29 is 9.53 Å². The number of carbonyl (C=O) groups excluding carboxylic acids is 1. The van der Waals surface area contributed by atoms with Crippen LogP contribution in [0.2, 0.25) is 0 Å². The van der Waals surface area contributed by atoms with E-state index in [4.69, 9.17) is 4.74 Å². The Bertz CT molecular complexity index is 848. The van der Waals surface area contributed by atoms with Gasteiger partial charge in [-0.1, -0.05) is 5.57 Å². The summed E-state index contributed by atoms with van der Waals surface area (Å²) < 4.78 is 5.71. The highest BCUT2D eigenvalue weighted by atomic mass is 16.5. The molecule has 1 aliphatic heterocycles. The number of carbonyl (C=O) groups is 1. The molecule has 0 bridgehead atoms. The SMILES string of the molecule is CN(C)c1ccc(NC(=O)Nc2ccc3c(c2)C(=C2CC2)CO3)cc1. The van der Waals surface area contributed by atoms with Gasteiger partial charge < -0.3 is 20.3 Å². The van der Waals surface area contributed by atoms with Crippen LogP contribution in [0.15, 0.2) is 48.0 Å². The van der Waals surface area contributed by atoms with Gasteiger partial charge in [-0.05, 0) is 60.9 Å². The molecule has 0 radical (unpaired) electrons. The van der Waals surface area contributed by atoms with E-state index in [9.17, 15) is 4.79 Å². The normalized spacial score (nSPS) is 14.6. The maximum atomic E-state index is 12.3. The molecule has 2 aromatic rings. The van der Waals surface area contributed by atoms with Gasteiger partial charge in [-0.2, -0.15) is 0 Å². The van der Waals surface area contributed by atoms with Crippen LogP contribution in [0.1, 0.15) is 18.4 Å². The molecule has 25 heavy (non-hydrogen) atoms. The first-order valence-corrected chi connectivity index (χ1v) is 8.44. The van der Waals surface area contributed by atoms with Crippen molar-refractivity contribution in [2.45, 2.75) is 12.8 Å². The number of urea groups is 1. The molecule has 128 valence electrons. The fourth-order valence-electron chi connectivity index (χ4n) is 2.99. The van der Waals surface area contributed by atoms with E-state index in [1.165, 1.54) is 24.0 Å². The molecule has 2 aromatic carbocycles. The summed E-state index contributed by atoms with van der Waals surface area (Å²) in [6, 6.07) is 13.3. The molecule has 1 heterocycles. The van der Waals surface area contributed by atoms with E-state index < -0.39 is 0 Å². The van der Waals surface area contributed by atoms with E-state index in [0.29, 0.717) is 6.61 Å². The lowest BCUT2D eigenvalue weighted by Crippen LogP contribution is -2.19. The molecule has 5 heteroatoms. The lowest BCUT2D eigenvalue weighted by Gasteiger charge is -2.13. The number of amides is 2. The molecule has 4 rings (SSSR count). The molecular formula is C20H21N3O2. The lowest BCUT2D eigenvalue weighted by molar-refractivity contribution is 0.262. The fraction of sp³-hybridized carbons (Fsp3) is 0.250. The Hall–Kier alpha value is -2.95. The van der Waals surface area contributed by atoms with Gasteiger partial charge in [-0.3, -0.25) is 0 Å². The average molecular weight is 335 g/mol. The molecule has 1 aliphatic carbocycles. The third-order valence-corrected chi connectivity index (χ3v) is 4.50. The minimum absolute atomic E-state index is 0.253. The minimum atomic E-state index is -0.253. The van der Waals surface area contributed by atoms with Crippen molar-refractivity contribution in [3.63, 3.8) is 0 Å². The van der Waals surface area contributed by atoms with Gasteiger partial charge in [0.05, 0.1) is 0 Å². The third kappa shape index (κ3) is 3.31. The predicted octanol–water partition coefficient (Wildman–Crippen LogP) is 4.34. The maximum absolute atomic E-state index is 12.3. The Kier molecular flexibility index (Phi) is 3.84. The summed E-state index contributed by atoms with van der Waals surface area (Å²) in [5, 5.41) is 5.76. The van der Waals surface area contributed by atoms with E-state index in [-0.39, 0.29) is 6.03 Å². The molecule has 1 saturated carbocycles. The van der Waals surface area contributed by atoms with Crippen molar-refractivity contribution in [3.8, 4) is 5.75 Å². The number of allylic oxidation sites excluding steroid dienone is 1. The predicted molar refractivity (Wildman–Crippen MR) is 102 cm³/mol. The van der Waals surface area contributed by atoms with E-state index in [1.54, 1.807) is 0 Å². The monoisotopic (exact) mass is 335 g/mol. The van der Waals surface area contributed by atoms with E-state index in [0.717, 1.165) is 28.4 Å². The molecule has 0 aromatic heterocycles. The molecule has 2 N–H and O–H groups in total. The number of rotatable bonds is 3. The van der Waals surface area contributed by atoms with Crippen molar-refractivity contribution in [3.05, 3.63) is 53.6 Å². The van der Waals surface area contributed by atoms with Gasteiger partial charge in [0.15, 0.2) is 0 Å². The van der Waals surface area contributed by atoms with E-state index in [2.05, 4.69) is 10.6 Å². The Balaban J connectivity index is 1.45. The van der Waals surface area contributed by atoms with Crippen LogP contribution in [-0.2, 0) is 0 Å². The van der Waals surface area contributed by atoms with Crippen molar-refractivity contribution >= 4 is 28.7 Å².